The number of hydrogen-bond donors (Lipinski definition) is 0. The number of rotatable bonds is 3. The zero-order valence-electron chi connectivity index (χ0n) is 8.27. The molecule has 0 atom stereocenters. The molecule has 0 bridgehead atoms. The highest BCUT2D eigenvalue weighted by Crippen LogP contribution is 2.08. The van der Waals surface area contributed by atoms with Crippen molar-refractivity contribution in [3.8, 4) is 0 Å². The van der Waals surface area contributed by atoms with Gasteiger partial charge in [-0.2, -0.15) is 11.8 Å². The molecule has 0 saturated heterocycles. The van der Waals surface area contributed by atoms with Crippen LogP contribution in [0.1, 0.15) is 34.6 Å². The summed E-state index contributed by atoms with van der Waals surface area (Å²) in [6.07, 6.45) is 0. The summed E-state index contributed by atoms with van der Waals surface area (Å²) >= 11 is 1.93. The molecule has 0 aromatic rings. The Balaban J connectivity index is 3.81. The van der Waals surface area contributed by atoms with E-state index < -0.39 is 0 Å². The molecule has 0 radical (unpaired) electrons. The van der Waals surface area contributed by atoms with E-state index in [1.54, 1.807) is 0 Å². The summed E-state index contributed by atoms with van der Waals surface area (Å²) in [6.45, 7) is 10.7. The number of nitrogens with zero attached hydrogens (tertiary/aromatic N) is 1. The van der Waals surface area contributed by atoms with Gasteiger partial charge >= 0.3 is 0 Å². The van der Waals surface area contributed by atoms with Gasteiger partial charge in [0.2, 0.25) is 0 Å². The Kier molecular flexibility index (Phi) is 4.82. The SMILES string of the molecule is CCSC/C(C)=N\C(C)(C)C. The van der Waals surface area contributed by atoms with Gasteiger partial charge in [-0.05, 0) is 33.4 Å². The van der Waals surface area contributed by atoms with Crippen molar-refractivity contribution in [2.24, 2.45) is 4.99 Å². The molecule has 0 N–H and O–H groups in total. The molecule has 1 nitrogen and oxygen atoms in total. The second kappa shape index (κ2) is 4.81. The van der Waals surface area contributed by atoms with E-state index in [1.165, 1.54) is 11.5 Å². The first-order valence-electron chi connectivity index (χ1n) is 4.09. The van der Waals surface area contributed by atoms with Crippen molar-refractivity contribution < 1.29 is 0 Å². The molecule has 0 saturated carbocycles. The summed E-state index contributed by atoms with van der Waals surface area (Å²) in [4.78, 5) is 4.54. The lowest BCUT2D eigenvalue weighted by molar-refractivity contribution is 0.583. The van der Waals surface area contributed by atoms with Crippen molar-refractivity contribution in [1.29, 1.82) is 0 Å². The lowest BCUT2D eigenvalue weighted by Crippen LogP contribution is -2.13. The van der Waals surface area contributed by atoms with Crippen LogP contribution in [0.4, 0.5) is 0 Å². The van der Waals surface area contributed by atoms with Crippen molar-refractivity contribution in [1.82, 2.24) is 0 Å². The maximum atomic E-state index is 4.54. The molecule has 11 heavy (non-hydrogen) atoms. The minimum Gasteiger partial charge on any atom is -0.288 e. The van der Waals surface area contributed by atoms with Crippen LogP contribution in [-0.2, 0) is 0 Å². The molecule has 0 aromatic heterocycles. The fraction of sp³-hybridized carbons (Fsp3) is 0.889. The molecular weight excluding hydrogens is 154 g/mol. The van der Waals surface area contributed by atoms with E-state index in [1.807, 2.05) is 11.8 Å². The zero-order valence-corrected chi connectivity index (χ0v) is 9.09. The van der Waals surface area contributed by atoms with E-state index in [-0.39, 0.29) is 5.54 Å². The van der Waals surface area contributed by atoms with Gasteiger partial charge in [0, 0.05) is 11.5 Å². The van der Waals surface area contributed by atoms with Crippen LogP contribution in [0.15, 0.2) is 4.99 Å². The average Bonchev–Trinajstić information content (AvgIpc) is 1.79. The summed E-state index contributed by atoms with van der Waals surface area (Å²) in [5.41, 5.74) is 1.35. The molecule has 0 rings (SSSR count). The lowest BCUT2D eigenvalue weighted by atomic mass is 10.1. The second-order valence-corrected chi connectivity index (χ2v) is 4.93. The van der Waals surface area contributed by atoms with Crippen molar-refractivity contribution in [2.75, 3.05) is 11.5 Å². The maximum absolute atomic E-state index is 4.54. The monoisotopic (exact) mass is 173 g/mol. The maximum Gasteiger partial charge on any atom is 0.0523 e. The minimum absolute atomic E-state index is 0.0956. The van der Waals surface area contributed by atoms with E-state index >= 15 is 0 Å². The molecule has 0 amide bonds. The normalized spacial score (nSPS) is 13.7. The van der Waals surface area contributed by atoms with Crippen molar-refractivity contribution in [2.45, 2.75) is 40.2 Å². The summed E-state index contributed by atoms with van der Waals surface area (Å²) in [5.74, 6) is 2.25. The van der Waals surface area contributed by atoms with Gasteiger partial charge in [-0.3, -0.25) is 4.99 Å². The van der Waals surface area contributed by atoms with Crippen LogP contribution in [-0.4, -0.2) is 22.8 Å². The van der Waals surface area contributed by atoms with Gasteiger partial charge in [0.15, 0.2) is 0 Å². The molecule has 0 fully saturated rings. The lowest BCUT2D eigenvalue weighted by Gasteiger charge is -2.13. The number of thioether (sulfide) groups is 1. The van der Waals surface area contributed by atoms with Crippen molar-refractivity contribution in [3.05, 3.63) is 0 Å². The van der Waals surface area contributed by atoms with Gasteiger partial charge in [-0.25, -0.2) is 0 Å². The Bertz CT molecular complexity index is 133. The molecule has 66 valence electrons. The molecule has 0 aliphatic carbocycles. The van der Waals surface area contributed by atoms with Crippen molar-refractivity contribution in [3.63, 3.8) is 0 Å². The van der Waals surface area contributed by atoms with Crippen LogP contribution in [0.5, 0.6) is 0 Å². The van der Waals surface area contributed by atoms with Crippen LogP contribution in [0.25, 0.3) is 0 Å². The van der Waals surface area contributed by atoms with Crippen LogP contribution in [0.2, 0.25) is 0 Å². The van der Waals surface area contributed by atoms with Gasteiger partial charge in [0.05, 0.1) is 5.54 Å². The van der Waals surface area contributed by atoms with Gasteiger partial charge in [0.25, 0.3) is 0 Å². The standard InChI is InChI=1S/C9H19NS/c1-6-11-7-8(2)10-9(3,4)5/h6-7H2,1-5H3/b10-8-. The molecule has 0 spiro atoms. The minimum atomic E-state index is 0.0956. The molecule has 0 heterocycles. The quantitative estimate of drug-likeness (QED) is 0.598. The van der Waals surface area contributed by atoms with E-state index in [2.05, 4.69) is 39.6 Å². The average molecular weight is 173 g/mol. The third kappa shape index (κ3) is 7.92. The first kappa shape index (κ1) is 11.0. The predicted octanol–water partition coefficient (Wildman–Crippen LogP) is 3.00. The largest absolute Gasteiger partial charge is 0.288 e. The highest BCUT2D eigenvalue weighted by molar-refractivity contribution is 7.99. The molecule has 2 heteroatoms. The third-order valence-electron chi connectivity index (χ3n) is 1.04. The molecular formula is C9H19NS. The Morgan fingerprint density at radius 3 is 2.27 bits per heavy atom. The highest BCUT2D eigenvalue weighted by atomic mass is 32.2. The van der Waals surface area contributed by atoms with E-state index in [9.17, 15) is 0 Å². The zero-order chi connectivity index (χ0) is 8.91. The summed E-state index contributed by atoms with van der Waals surface area (Å²) in [6, 6.07) is 0. The van der Waals surface area contributed by atoms with Crippen LogP contribution in [0, 0.1) is 0 Å². The van der Waals surface area contributed by atoms with Crippen LogP contribution >= 0.6 is 11.8 Å². The van der Waals surface area contributed by atoms with Gasteiger partial charge in [-0.1, -0.05) is 6.92 Å². The highest BCUT2D eigenvalue weighted by Gasteiger charge is 2.06. The Hall–Kier alpha value is 0.0200. The van der Waals surface area contributed by atoms with E-state index in [0.717, 1.165) is 5.75 Å². The number of aliphatic imine (C=N–C) groups is 1. The van der Waals surface area contributed by atoms with Gasteiger partial charge in [0.1, 0.15) is 0 Å². The summed E-state index contributed by atoms with van der Waals surface area (Å²) in [7, 11) is 0. The first-order valence-corrected chi connectivity index (χ1v) is 5.24. The fourth-order valence-electron chi connectivity index (χ4n) is 0.855. The van der Waals surface area contributed by atoms with Crippen LogP contribution < -0.4 is 0 Å². The molecule has 0 aromatic carbocycles. The molecule has 0 aliphatic heterocycles. The molecule has 0 unspecified atom stereocenters. The summed E-state index contributed by atoms with van der Waals surface area (Å²) in [5, 5.41) is 0. The first-order chi connectivity index (χ1) is 4.95. The Morgan fingerprint density at radius 1 is 1.36 bits per heavy atom. The van der Waals surface area contributed by atoms with Crippen molar-refractivity contribution >= 4 is 17.5 Å². The topological polar surface area (TPSA) is 12.4 Å². The van der Waals surface area contributed by atoms with E-state index in [0.29, 0.717) is 0 Å². The van der Waals surface area contributed by atoms with Gasteiger partial charge < -0.3 is 0 Å². The number of hydrogen-bond acceptors (Lipinski definition) is 2. The van der Waals surface area contributed by atoms with Crippen LogP contribution in [0.3, 0.4) is 0 Å². The smallest absolute Gasteiger partial charge is 0.0523 e. The van der Waals surface area contributed by atoms with E-state index in [4.69, 9.17) is 0 Å². The Labute approximate surface area is 74.7 Å². The van der Waals surface area contributed by atoms with Gasteiger partial charge in [-0.15, -0.1) is 0 Å². The Morgan fingerprint density at radius 2 is 1.91 bits per heavy atom. The molecule has 0 aliphatic rings. The third-order valence-corrected chi connectivity index (χ3v) is 2.07. The fourth-order valence-corrected chi connectivity index (χ4v) is 1.42. The second-order valence-electron chi connectivity index (χ2n) is 3.66. The summed E-state index contributed by atoms with van der Waals surface area (Å²) < 4.78 is 0. The predicted molar refractivity (Wildman–Crippen MR) is 55.9 cm³/mol.